The van der Waals surface area contributed by atoms with E-state index in [0.29, 0.717) is 31.4 Å². The number of nitrogens with one attached hydrogen (secondary N) is 1. The lowest BCUT2D eigenvalue weighted by Crippen LogP contribution is -2.40. The standard InChI is InChI=1S/C18H34N6O2/c1-5-22(6-2)11-12-23(13-14-26-4)18(25)17-15(3)24(21-20-17)16-7-9-19-10-8-16/h16,19H,5-14H2,1-4H3. The zero-order chi connectivity index (χ0) is 18.9. The fourth-order valence-electron chi connectivity index (χ4n) is 3.40. The van der Waals surface area contributed by atoms with Crippen molar-refractivity contribution in [1.82, 2.24) is 30.1 Å². The first-order chi connectivity index (χ1) is 12.6. The van der Waals surface area contributed by atoms with Crippen molar-refractivity contribution in [3.05, 3.63) is 11.4 Å². The van der Waals surface area contributed by atoms with Gasteiger partial charge in [-0.1, -0.05) is 19.1 Å². The normalized spacial score (nSPS) is 15.6. The highest BCUT2D eigenvalue weighted by Gasteiger charge is 2.26. The summed E-state index contributed by atoms with van der Waals surface area (Å²) in [5, 5.41) is 11.9. The second kappa shape index (κ2) is 10.6. The van der Waals surface area contributed by atoms with E-state index >= 15 is 0 Å². The molecule has 26 heavy (non-hydrogen) atoms. The summed E-state index contributed by atoms with van der Waals surface area (Å²) < 4.78 is 7.13. The van der Waals surface area contributed by atoms with E-state index in [1.54, 1.807) is 7.11 Å². The molecule has 2 rings (SSSR count). The highest BCUT2D eigenvalue weighted by Crippen LogP contribution is 2.20. The van der Waals surface area contributed by atoms with Crippen LogP contribution in [-0.4, -0.2) is 90.2 Å². The summed E-state index contributed by atoms with van der Waals surface area (Å²) in [4.78, 5) is 17.2. The van der Waals surface area contributed by atoms with Crippen LogP contribution >= 0.6 is 0 Å². The average Bonchev–Trinajstić information content (AvgIpc) is 3.06. The number of aromatic nitrogens is 3. The van der Waals surface area contributed by atoms with Crippen LogP contribution in [0.2, 0.25) is 0 Å². The molecule has 1 saturated heterocycles. The second-order valence-corrected chi connectivity index (χ2v) is 6.76. The molecule has 1 N–H and O–H groups in total. The Morgan fingerprint density at radius 3 is 2.54 bits per heavy atom. The summed E-state index contributed by atoms with van der Waals surface area (Å²) in [6.07, 6.45) is 2.04. The molecule has 8 heteroatoms. The molecule has 0 bridgehead atoms. The number of piperidine rings is 1. The number of methoxy groups -OCH3 is 1. The predicted octanol–water partition coefficient (Wildman–Crippen LogP) is 0.941. The van der Waals surface area contributed by atoms with E-state index in [2.05, 4.69) is 34.4 Å². The van der Waals surface area contributed by atoms with Crippen LogP contribution in [0.4, 0.5) is 0 Å². The Labute approximate surface area is 156 Å². The molecule has 0 atom stereocenters. The van der Waals surface area contributed by atoms with Crippen LogP contribution < -0.4 is 5.32 Å². The van der Waals surface area contributed by atoms with Crippen molar-refractivity contribution < 1.29 is 9.53 Å². The molecule has 1 aromatic rings. The van der Waals surface area contributed by atoms with Crippen LogP contribution in [-0.2, 0) is 4.74 Å². The van der Waals surface area contributed by atoms with E-state index in [1.165, 1.54) is 0 Å². The van der Waals surface area contributed by atoms with Gasteiger partial charge in [0.1, 0.15) is 0 Å². The first kappa shape index (κ1) is 20.8. The summed E-state index contributed by atoms with van der Waals surface area (Å²) in [6, 6.07) is 0.327. The molecule has 0 unspecified atom stereocenters. The lowest BCUT2D eigenvalue weighted by molar-refractivity contribution is 0.0667. The molecule has 1 aromatic heterocycles. The van der Waals surface area contributed by atoms with Crippen LogP contribution in [0.3, 0.4) is 0 Å². The van der Waals surface area contributed by atoms with Gasteiger partial charge in [-0.25, -0.2) is 4.68 Å². The first-order valence-corrected chi connectivity index (χ1v) is 9.75. The molecule has 1 fully saturated rings. The molecule has 0 radical (unpaired) electrons. The highest BCUT2D eigenvalue weighted by atomic mass is 16.5. The quantitative estimate of drug-likeness (QED) is 0.664. The van der Waals surface area contributed by atoms with Crippen LogP contribution in [0.5, 0.6) is 0 Å². The lowest BCUT2D eigenvalue weighted by Gasteiger charge is -2.26. The minimum atomic E-state index is -0.0492. The number of hydrogen-bond donors (Lipinski definition) is 1. The molecule has 0 saturated carbocycles. The summed E-state index contributed by atoms with van der Waals surface area (Å²) in [7, 11) is 1.66. The summed E-state index contributed by atoms with van der Waals surface area (Å²) in [6.45, 7) is 12.8. The van der Waals surface area contributed by atoms with Gasteiger partial charge in [0.2, 0.25) is 0 Å². The summed E-state index contributed by atoms with van der Waals surface area (Å²) >= 11 is 0. The first-order valence-electron chi connectivity index (χ1n) is 9.75. The molecule has 148 valence electrons. The molecular weight excluding hydrogens is 332 g/mol. The highest BCUT2D eigenvalue weighted by molar-refractivity contribution is 5.93. The Bertz CT molecular complexity index is 552. The molecule has 0 spiro atoms. The van der Waals surface area contributed by atoms with Crippen molar-refractivity contribution in [3.63, 3.8) is 0 Å². The van der Waals surface area contributed by atoms with Crippen molar-refractivity contribution in [2.24, 2.45) is 0 Å². The largest absolute Gasteiger partial charge is 0.383 e. The van der Waals surface area contributed by atoms with Crippen LogP contribution in [0.25, 0.3) is 0 Å². The van der Waals surface area contributed by atoms with Gasteiger partial charge in [0.15, 0.2) is 5.69 Å². The van der Waals surface area contributed by atoms with Gasteiger partial charge >= 0.3 is 0 Å². The smallest absolute Gasteiger partial charge is 0.276 e. The van der Waals surface area contributed by atoms with Crippen molar-refractivity contribution in [2.75, 3.05) is 59.5 Å². The summed E-state index contributed by atoms with van der Waals surface area (Å²) in [5.41, 5.74) is 1.34. The molecule has 0 aromatic carbocycles. The van der Waals surface area contributed by atoms with Gasteiger partial charge in [0.25, 0.3) is 5.91 Å². The topological polar surface area (TPSA) is 75.5 Å². The fourth-order valence-corrected chi connectivity index (χ4v) is 3.40. The van der Waals surface area contributed by atoms with Crippen LogP contribution in [0.15, 0.2) is 0 Å². The van der Waals surface area contributed by atoms with Crippen LogP contribution in [0.1, 0.15) is 48.9 Å². The Morgan fingerprint density at radius 2 is 1.92 bits per heavy atom. The molecule has 8 nitrogen and oxygen atoms in total. The van der Waals surface area contributed by atoms with Gasteiger partial charge < -0.3 is 19.9 Å². The third kappa shape index (κ3) is 5.25. The van der Waals surface area contributed by atoms with Crippen molar-refractivity contribution in [1.29, 1.82) is 0 Å². The van der Waals surface area contributed by atoms with E-state index in [0.717, 1.165) is 51.3 Å². The van der Waals surface area contributed by atoms with E-state index in [1.807, 2.05) is 16.5 Å². The van der Waals surface area contributed by atoms with Crippen molar-refractivity contribution in [2.45, 2.75) is 39.7 Å². The SMILES string of the molecule is CCN(CC)CCN(CCOC)C(=O)c1nnn(C2CCNCC2)c1C. The van der Waals surface area contributed by atoms with E-state index in [4.69, 9.17) is 4.74 Å². The minimum absolute atomic E-state index is 0.0492. The Balaban J connectivity index is 2.09. The van der Waals surface area contributed by atoms with Crippen LogP contribution in [0, 0.1) is 6.92 Å². The maximum Gasteiger partial charge on any atom is 0.276 e. The number of likely N-dealkylation sites (N-methyl/N-ethyl adjacent to an activating group) is 1. The molecule has 0 aliphatic carbocycles. The van der Waals surface area contributed by atoms with Gasteiger partial charge in [-0.15, -0.1) is 5.10 Å². The van der Waals surface area contributed by atoms with E-state index in [9.17, 15) is 4.79 Å². The van der Waals surface area contributed by atoms with Crippen molar-refractivity contribution in [3.8, 4) is 0 Å². The summed E-state index contributed by atoms with van der Waals surface area (Å²) in [5.74, 6) is -0.0492. The van der Waals surface area contributed by atoms with Gasteiger partial charge in [0.05, 0.1) is 18.3 Å². The molecule has 1 amide bonds. The number of carbonyl (C=O) groups excluding carboxylic acids is 1. The minimum Gasteiger partial charge on any atom is -0.383 e. The number of rotatable bonds is 10. The van der Waals surface area contributed by atoms with Gasteiger partial charge in [-0.05, 0) is 45.9 Å². The monoisotopic (exact) mass is 366 g/mol. The third-order valence-electron chi connectivity index (χ3n) is 5.22. The Hall–Kier alpha value is -1.51. The second-order valence-electron chi connectivity index (χ2n) is 6.76. The molecule has 1 aliphatic heterocycles. The fraction of sp³-hybridized carbons (Fsp3) is 0.833. The Kier molecular flexibility index (Phi) is 8.47. The van der Waals surface area contributed by atoms with Gasteiger partial charge in [-0.3, -0.25) is 4.79 Å². The van der Waals surface area contributed by atoms with Gasteiger partial charge in [0, 0.05) is 26.7 Å². The zero-order valence-corrected chi connectivity index (χ0v) is 16.7. The lowest BCUT2D eigenvalue weighted by atomic mass is 10.1. The van der Waals surface area contributed by atoms with E-state index in [-0.39, 0.29) is 5.91 Å². The zero-order valence-electron chi connectivity index (χ0n) is 16.7. The third-order valence-corrected chi connectivity index (χ3v) is 5.22. The Morgan fingerprint density at radius 1 is 1.23 bits per heavy atom. The maximum absolute atomic E-state index is 13.1. The molecule has 1 aliphatic rings. The number of amides is 1. The van der Waals surface area contributed by atoms with E-state index < -0.39 is 0 Å². The molecule has 2 heterocycles. The number of ether oxygens (including phenoxy) is 1. The van der Waals surface area contributed by atoms with Crippen molar-refractivity contribution >= 4 is 5.91 Å². The number of hydrogen-bond acceptors (Lipinski definition) is 6. The maximum atomic E-state index is 13.1. The molecular formula is C18H34N6O2. The predicted molar refractivity (Wildman–Crippen MR) is 101 cm³/mol. The number of carbonyl (C=O) groups is 1. The average molecular weight is 367 g/mol. The van der Waals surface area contributed by atoms with Gasteiger partial charge in [-0.2, -0.15) is 0 Å². The number of nitrogens with zero attached hydrogens (tertiary/aromatic N) is 5.